The Hall–Kier alpha value is -2.13. The average molecular weight is 297 g/mol. The molecule has 116 valence electrons. The van der Waals surface area contributed by atoms with Crippen LogP contribution in [0.2, 0.25) is 0 Å². The lowest BCUT2D eigenvalue weighted by Crippen LogP contribution is -2.29. The third-order valence-electron chi connectivity index (χ3n) is 3.95. The van der Waals surface area contributed by atoms with Gasteiger partial charge in [-0.1, -0.05) is 42.0 Å². The van der Waals surface area contributed by atoms with Gasteiger partial charge in [0, 0.05) is 19.7 Å². The molecule has 0 aliphatic rings. The SMILES string of the molecule is COCc1cccc(C(=O)N(C)C(C)c2ccc(C)cc2)c1. The van der Waals surface area contributed by atoms with E-state index < -0.39 is 0 Å². The average Bonchev–Trinajstić information content (AvgIpc) is 2.54. The van der Waals surface area contributed by atoms with Gasteiger partial charge in [0.1, 0.15) is 0 Å². The number of amides is 1. The summed E-state index contributed by atoms with van der Waals surface area (Å²) in [5, 5.41) is 0. The molecular weight excluding hydrogens is 274 g/mol. The first-order valence-corrected chi connectivity index (χ1v) is 7.44. The second kappa shape index (κ2) is 7.23. The molecule has 3 heteroatoms. The van der Waals surface area contributed by atoms with Crippen LogP contribution in [0.3, 0.4) is 0 Å². The molecule has 0 aliphatic carbocycles. The summed E-state index contributed by atoms with van der Waals surface area (Å²) >= 11 is 0. The van der Waals surface area contributed by atoms with Crippen LogP contribution < -0.4 is 0 Å². The third-order valence-corrected chi connectivity index (χ3v) is 3.95. The summed E-state index contributed by atoms with van der Waals surface area (Å²) < 4.78 is 5.13. The van der Waals surface area contributed by atoms with Crippen LogP contribution in [-0.4, -0.2) is 25.0 Å². The van der Waals surface area contributed by atoms with Crippen molar-refractivity contribution in [1.29, 1.82) is 0 Å². The molecule has 2 rings (SSSR count). The molecule has 1 unspecified atom stereocenters. The first kappa shape index (κ1) is 16.2. The molecule has 0 saturated heterocycles. The van der Waals surface area contributed by atoms with E-state index in [0.29, 0.717) is 12.2 Å². The molecular formula is C19H23NO2. The fraction of sp³-hybridized carbons (Fsp3) is 0.316. The second-order valence-corrected chi connectivity index (χ2v) is 5.64. The summed E-state index contributed by atoms with van der Waals surface area (Å²) in [6.07, 6.45) is 0. The summed E-state index contributed by atoms with van der Waals surface area (Å²) in [5.41, 5.74) is 4.05. The summed E-state index contributed by atoms with van der Waals surface area (Å²) in [6.45, 7) is 4.62. The summed E-state index contributed by atoms with van der Waals surface area (Å²) in [5.74, 6) is 0.0195. The summed E-state index contributed by atoms with van der Waals surface area (Å²) in [4.78, 5) is 14.4. The highest BCUT2D eigenvalue weighted by Crippen LogP contribution is 2.21. The molecule has 1 atom stereocenters. The van der Waals surface area contributed by atoms with Crippen molar-refractivity contribution in [3.05, 3.63) is 70.8 Å². The Labute approximate surface area is 132 Å². The lowest BCUT2D eigenvalue weighted by Gasteiger charge is -2.25. The normalized spacial score (nSPS) is 12.0. The highest BCUT2D eigenvalue weighted by molar-refractivity contribution is 5.94. The standard InChI is InChI=1S/C19H23NO2/c1-14-8-10-17(11-9-14)15(2)20(3)19(21)18-7-5-6-16(12-18)13-22-4/h5-12,15H,13H2,1-4H3. The monoisotopic (exact) mass is 297 g/mol. The van der Waals surface area contributed by atoms with Crippen molar-refractivity contribution < 1.29 is 9.53 Å². The van der Waals surface area contributed by atoms with Crippen molar-refractivity contribution in [3.63, 3.8) is 0 Å². The first-order chi connectivity index (χ1) is 10.5. The maximum Gasteiger partial charge on any atom is 0.254 e. The van der Waals surface area contributed by atoms with E-state index in [1.54, 1.807) is 12.0 Å². The molecule has 1 amide bonds. The van der Waals surface area contributed by atoms with Gasteiger partial charge in [0.05, 0.1) is 12.6 Å². The van der Waals surface area contributed by atoms with Crippen LogP contribution in [0.4, 0.5) is 0 Å². The third kappa shape index (κ3) is 3.74. The van der Waals surface area contributed by atoms with Crippen molar-refractivity contribution in [2.24, 2.45) is 0 Å². The van der Waals surface area contributed by atoms with Crippen LogP contribution in [0.1, 0.15) is 40.0 Å². The molecule has 2 aromatic rings. The van der Waals surface area contributed by atoms with Crippen molar-refractivity contribution in [2.75, 3.05) is 14.2 Å². The van der Waals surface area contributed by atoms with E-state index in [-0.39, 0.29) is 11.9 Å². The molecule has 22 heavy (non-hydrogen) atoms. The summed E-state index contributed by atoms with van der Waals surface area (Å²) in [6, 6.07) is 15.9. The fourth-order valence-electron chi connectivity index (χ4n) is 2.41. The second-order valence-electron chi connectivity index (χ2n) is 5.64. The van der Waals surface area contributed by atoms with Crippen LogP contribution in [0.25, 0.3) is 0 Å². The molecule has 0 aliphatic heterocycles. The van der Waals surface area contributed by atoms with E-state index in [2.05, 4.69) is 31.2 Å². The van der Waals surface area contributed by atoms with Gasteiger partial charge in [-0.25, -0.2) is 0 Å². The number of aryl methyl sites for hydroxylation is 1. The molecule has 3 nitrogen and oxygen atoms in total. The van der Waals surface area contributed by atoms with Crippen molar-refractivity contribution in [2.45, 2.75) is 26.5 Å². The quantitative estimate of drug-likeness (QED) is 0.835. The summed E-state index contributed by atoms with van der Waals surface area (Å²) in [7, 11) is 3.50. The maximum absolute atomic E-state index is 12.7. The van der Waals surface area contributed by atoms with Gasteiger partial charge in [-0.3, -0.25) is 4.79 Å². The van der Waals surface area contributed by atoms with Crippen LogP contribution in [0.15, 0.2) is 48.5 Å². The van der Waals surface area contributed by atoms with Gasteiger partial charge in [-0.2, -0.15) is 0 Å². The molecule has 0 aromatic heterocycles. The van der Waals surface area contributed by atoms with Crippen molar-refractivity contribution in [3.8, 4) is 0 Å². The zero-order chi connectivity index (χ0) is 16.1. The number of rotatable bonds is 5. The maximum atomic E-state index is 12.7. The van der Waals surface area contributed by atoms with E-state index in [1.807, 2.05) is 38.2 Å². The minimum atomic E-state index is 0.0195. The Bertz CT molecular complexity index is 634. The minimum Gasteiger partial charge on any atom is -0.380 e. The molecule has 0 N–H and O–H groups in total. The molecule has 0 heterocycles. The van der Waals surface area contributed by atoms with E-state index in [4.69, 9.17) is 4.74 Å². The first-order valence-electron chi connectivity index (χ1n) is 7.44. The number of methoxy groups -OCH3 is 1. The smallest absolute Gasteiger partial charge is 0.254 e. The zero-order valence-corrected chi connectivity index (χ0v) is 13.7. The molecule has 0 bridgehead atoms. The number of hydrogen-bond donors (Lipinski definition) is 0. The number of carbonyl (C=O) groups excluding carboxylic acids is 1. The van der Waals surface area contributed by atoms with Crippen molar-refractivity contribution in [1.82, 2.24) is 4.90 Å². The molecule has 0 spiro atoms. The molecule has 0 saturated carbocycles. The van der Waals surface area contributed by atoms with Gasteiger partial charge in [0.25, 0.3) is 5.91 Å². The Balaban J connectivity index is 2.17. The molecule has 0 radical (unpaired) electrons. The van der Waals surface area contributed by atoms with Crippen LogP contribution >= 0.6 is 0 Å². The number of ether oxygens (including phenoxy) is 1. The lowest BCUT2D eigenvalue weighted by molar-refractivity contribution is 0.0742. The van der Waals surface area contributed by atoms with Gasteiger partial charge in [-0.05, 0) is 37.1 Å². The van der Waals surface area contributed by atoms with Gasteiger partial charge in [-0.15, -0.1) is 0 Å². The Morgan fingerprint density at radius 1 is 1.18 bits per heavy atom. The highest BCUT2D eigenvalue weighted by Gasteiger charge is 2.19. The largest absolute Gasteiger partial charge is 0.380 e. The lowest BCUT2D eigenvalue weighted by atomic mass is 10.0. The van der Waals surface area contributed by atoms with Gasteiger partial charge >= 0.3 is 0 Å². The predicted octanol–water partition coefficient (Wildman–Crippen LogP) is 3.97. The van der Waals surface area contributed by atoms with Gasteiger partial charge in [0.15, 0.2) is 0 Å². The highest BCUT2D eigenvalue weighted by atomic mass is 16.5. The van der Waals surface area contributed by atoms with E-state index in [1.165, 1.54) is 5.56 Å². The topological polar surface area (TPSA) is 29.5 Å². The number of benzene rings is 2. The van der Waals surface area contributed by atoms with Crippen LogP contribution in [0.5, 0.6) is 0 Å². The number of nitrogens with zero attached hydrogens (tertiary/aromatic N) is 1. The van der Waals surface area contributed by atoms with E-state index in [0.717, 1.165) is 11.1 Å². The minimum absolute atomic E-state index is 0.0195. The number of hydrogen-bond acceptors (Lipinski definition) is 2. The van der Waals surface area contributed by atoms with E-state index >= 15 is 0 Å². The van der Waals surface area contributed by atoms with Gasteiger partial charge < -0.3 is 9.64 Å². The van der Waals surface area contributed by atoms with Crippen LogP contribution in [-0.2, 0) is 11.3 Å². The Kier molecular flexibility index (Phi) is 5.34. The van der Waals surface area contributed by atoms with Crippen LogP contribution in [0, 0.1) is 6.92 Å². The Morgan fingerprint density at radius 3 is 2.50 bits per heavy atom. The molecule has 2 aromatic carbocycles. The molecule has 0 fully saturated rings. The Morgan fingerprint density at radius 2 is 1.86 bits per heavy atom. The fourth-order valence-corrected chi connectivity index (χ4v) is 2.41. The predicted molar refractivity (Wildman–Crippen MR) is 88.8 cm³/mol. The van der Waals surface area contributed by atoms with Crippen molar-refractivity contribution >= 4 is 5.91 Å². The number of carbonyl (C=O) groups is 1. The van der Waals surface area contributed by atoms with Gasteiger partial charge in [0.2, 0.25) is 0 Å². The van der Waals surface area contributed by atoms with E-state index in [9.17, 15) is 4.79 Å². The zero-order valence-electron chi connectivity index (χ0n) is 13.7.